The van der Waals surface area contributed by atoms with Crippen LogP contribution in [0.3, 0.4) is 0 Å². The average molecular weight is 712 g/mol. The van der Waals surface area contributed by atoms with Gasteiger partial charge in [0.05, 0.1) is 11.1 Å². The SMILES string of the molecule is c1ccc(-c2ccccc2N(c2ccc3c(c2)C(c2ccccc2)(c2ccccc2)c2ccccc2-3)c2ccc3c4ccccc4c4ccccc4c3c2)cc1. The van der Waals surface area contributed by atoms with E-state index < -0.39 is 5.41 Å². The van der Waals surface area contributed by atoms with Gasteiger partial charge in [0.2, 0.25) is 0 Å². The number of hydrogen-bond donors (Lipinski definition) is 0. The second-order valence-corrected chi connectivity index (χ2v) is 14.8. The zero-order valence-electron chi connectivity index (χ0n) is 30.8. The van der Waals surface area contributed by atoms with Gasteiger partial charge in [-0.1, -0.05) is 194 Å². The summed E-state index contributed by atoms with van der Waals surface area (Å²) in [7, 11) is 0. The Balaban J connectivity index is 1.23. The Bertz CT molecular complexity index is 3000. The van der Waals surface area contributed by atoms with E-state index in [1.54, 1.807) is 0 Å². The van der Waals surface area contributed by atoms with Gasteiger partial charge < -0.3 is 4.90 Å². The van der Waals surface area contributed by atoms with Crippen LogP contribution in [0.25, 0.3) is 54.6 Å². The zero-order chi connectivity index (χ0) is 37.1. The summed E-state index contributed by atoms with van der Waals surface area (Å²) in [6.07, 6.45) is 0. The van der Waals surface area contributed by atoms with Crippen molar-refractivity contribution < 1.29 is 0 Å². The van der Waals surface area contributed by atoms with Crippen molar-refractivity contribution in [2.75, 3.05) is 4.90 Å². The highest BCUT2D eigenvalue weighted by Gasteiger charge is 2.46. The van der Waals surface area contributed by atoms with Crippen LogP contribution in [0.2, 0.25) is 0 Å². The summed E-state index contributed by atoms with van der Waals surface area (Å²) >= 11 is 0. The first-order chi connectivity index (χ1) is 27.8. The lowest BCUT2D eigenvalue weighted by molar-refractivity contribution is 0.768. The molecule has 10 aromatic carbocycles. The first kappa shape index (κ1) is 32.2. The Hall–Kier alpha value is -7.22. The zero-order valence-corrected chi connectivity index (χ0v) is 30.8. The smallest absolute Gasteiger partial charge is 0.0714 e. The summed E-state index contributed by atoms with van der Waals surface area (Å²) in [5.41, 5.74) is 12.9. The summed E-state index contributed by atoms with van der Waals surface area (Å²) in [5, 5.41) is 7.60. The summed E-state index contributed by atoms with van der Waals surface area (Å²) in [6, 6.07) is 82.6. The molecule has 0 saturated carbocycles. The van der Waals surface area contributed by atoms with E-state index >= 15 is 0 Å². The molecule has 0 aliphatic heterocycles. The van der Waals surface area contributed by atoms with Gasteiger partial charge in [-0.05, 0) is 102 Å². The molecule has 0 unspecified atom stereocenters. The van der Waals surface area contributed by atoms with E-state index in [2.05, 4.69) is 229 Å². The van der Waals surface area contributed by atoms with Gasteiger partial charge in [-0.3, -0.25) is 0 Å². The first-order valence-electron chi connectivity index (χ1n) is 19.4. The van der Waals surface area contributed by atoms with Gasteiger partial charge in [-0.15, -0.1) is 0 Å². The van der Waals surface area contributed by atoms with Gasteiger partial charge in [0, 0.05) is 16.9 Å². The minimum atomic E-state index is -0.506. The van der Waals surface area contributed by atoms with Gasteiger partial charge in [0.25, 0.3) is 0 Å². The molecule has 1 aliphatic carbocycles. The van der Waals surface area contributed by atoms with E-state index in [0.29, 0.717) is 0 Å². The van der Waals surface area contributed by atoms with Gasteiger partial charge in [-0.25, -0.2) is 0 Å². The number of hydrogen-bond acceptors (Lipinski definition) is 1. The van der Waals surface area contributed by atoms with Gasteiger partial charge in [0.1, 0.15) is 0 Å². The van der Waals surface area contributed by atoms with E-state index in [1.165, 1.54) is 76.8 Å². The van der Waals surface area contributed by atoms with Crippen LogP contribution in [0.4, 0.5) is 17.1 Å². The Morgan fingerprint density at radius 1 is 0.286 bits per heavy atom. The van der Waals surface area contributed by atoms with Crippen molar-refractivity contribution in [2.24, 2.45) is 0 Å². The summed E-state index contributed by atoms with van der Waals surface area (Å²) in [6.45, 7) is 0. The predicted octanol–water partition coefficient (Wildman–Crippen LogP) is 14.6. The molecule has 0 N–H and O–H groups in total. The van der Waals surface area contributed by atoms with Crippen LogP contribution in [-0.4, -0.2) is 0 Å². The lowest BCUT2D eigenvalue weighted by Crippen LogP contribution is -2.28. The van der Waals surface area contributed by atoms with Gasteiger partial charge in [-0.2, -0.15) is 0 Å². The molecule has 1 nitrogen and oxygen atoms in total. The molecule has 10 aromatic rings. The maximum Gasteiger partial charge on any atom is 0.0714 e. The topological polar surface area (TPSA) is 3.24 Å². The molecule has 262 valence electrons. The van der Waals surface area contributed by atoms with Crippen molar-refractivity contribution in [3.8, 4) is 22.3 Å². The largest absolute Gasteiger partial charge is 0.310 e. The summed E-state index contributed by atoms with van der Waals surface area (Å²) in [5.74, 6) is 0. The van der Waals surface area contributed by atoms with Crippen molar-refractivity contribution in [3.05, 3.63) is 247 Å². The van der Waals surface area contributed by atoms with E-state index in [4.69, 9.17) is 0 Å². The predicted molar refractivity (Wildman–Crippen MR) is 236 cm³/mol. The van der Waals surface area contributed by atoms with E-state index in [0.717, 1.165) is 17.1 Å². The van der Waals surface area contributed by atoms with Crippen LogP contribution in [0.1, 0.15) is 22.3 Å². The Morgan fingerprint density at radius 2 is 0.732 bits per heavy atom. The van der Waals surface area contributed by atoms with E-state index in [1.807, 2.05) is 0 Å². The molecule has 1 heteroatoms. The lowest BCUT2D eigenvalue weighted by Gasteiger charge is -2.35. The molecular weight excluding hydrogens is 675 g/mol. The Labute approximate surface area is 327 Å². The van der Waals surface area contributed by atoms with E-state index in [-0.39, 0.29) is 0 Å². The second-order valence-electron chi connectivity index (χ2n) is 14.8. The number of nitrogens with zero attached hydrogens (tertiary/aromatic N) is 1. The highest BCUT2D eigenvalue weighted by molar-refractivity contribution is 6.25. The highest BCUT2D eigenvalue weighted by atomic mass is 15.1. The Morgan fingerprint density at radius 3 is 1.38 bits per heavy atom. The maximum atomic E-state index is 2.48. The normalized spacial score (nSPS) is 12.8. The lowest BCUT2D eigenvalue weighted by atomic mass is 9.67. The molecule has 0 heterocycles. The van der Waals surface area contributed by atoms with Crippen molar-refractivity contribution in [2.45, 2.75) is 5.41 Å². The molecule has 1 aliphatic rings. The number of rotatable bonds is 6. The van der Waals surface area contributed by atoms with E-state index in [9.17, 15) is 0 Å². The van der Waals surface area contributed by atoms with Gasteiger partial charge in [0.15, 0.2) is 0 Å². The number of para-hydroxylation sites is 1. The highest BCUT2D eigenvalue weighted by Crippen LogP contribution is 2.57. The van der Waals surface area contributed by atoms with Crippen LogP contribution in [-0.2, 0) is 5.41 Å². The number of fused-ring (bicyclic) bond motifs is 9. The average Bonchev–Trinajstić information content (AvgIpc) is 3.58. The molecule has 0 aromatic heterocycles. The van der Waals surface area contributed by atoms with Crippen molar-refractivity contribution in [1.82, 2.24) is 0 Å². The minimum absolute atomic E-state index is 0.506. The van der Waals surface area contributed by atoms with Crippen LogP contribution < -0.4 is 4.90 Å². The first-order valence-corrected chi connectivity index (χ1v) is 19.4. The fraction of sp³-hybridized carbons (Fsp3) is 0.0182. The molecule has 0 spiro atoms. The Kier molecular flexibility index (Phi) is 7.47. The molecular formula is C55H37N. The summed E-state index contributed by atoms with van der Waals surface area (Å²) < 4.78 is 0. The molecule has 0 amide bonds. The fourth-order valence-corrected chi connectivity index (χ4v) is 9.56. The standard InChI is InChI=1S/C55H37N/c1-4-18-38(19-5-1)43-24-15-17-31-54(43)56(41-32-34-48-46-27-11-10-25-44(46)45-26-12-13-28-47(45)51(48)36-41)42-33-35-50-49-29-14-16-30-52(49)55(53(50)37-42,39-20-6-2-7-21-39)40-22-8-3-9-23-40/h1-37H. The number of benzene rings is 10. The van der Waals surface area contributed by atoms with Crippen LogP contribution in [0.5, 0.6) is 0 Å². The monoisotopic (exact) mass is 711 g/mol. The minimum Gasteiger partial charge on any atom is -0.310 e. The maximum absolute atomic E-state index is 2.48. The van der Waals surface area contributed by atoms with Crippen LogP contribution >= 0.6 is 0 Å². The fourth-order valence-electron chi connectivity index (χ4n) is 9.56. The molecule has 56 heavy (non-hydrogen) atoms. The van der Waals surface area contributed by atoms with Crippen LogP contribution in [0.15, 0.2) is 224 Å². The van der Waals surface area contributed by atoms with Gasteiger partial charge >= 0.3 is 0 Å². The molecule has 0 fully saturated rings. The molecule has 0 bridgehead atoms. The van der Waals surface area contributed by atoms with Crippen molar-refractivity contribution in [3.63, 3.8) is 0 Å². The molecule has 0 atom stereocenters. The van der Waals surface area contributed by atoms with Crippen LogP contribution in [0, 0.1) is 0 Å². The third-order valence-electron chi connectivity index (χ3n) is 11.9. The molecule has 0 radical (unpaired) electrons. The summed E-state index contributed by atoms with van der Waals surface area (Å²) in [4.78, 5) is 2.48. The molecule has 0 saturated heterocycles. The second kappa shape index (κ2) is 13.0. The number of anilines is 3. The van der Waals surface area contributed by atoms with Crippen molar-refractivity contribution >= 4 is 49.4 Å². The third-order valence-corrected chi connectivity index (χ3v) is 11.9. The molecule has 11 rings (SSSR count). The quantitative estimate of drug-likeness (QED) is 0.155. The third kappa shape index (κ3) is 4.81. The van der Waals surface area contributed by atoms with Crippen molar-refractivity contribution in [1.29, 1.82) is 0 Å².